The molecule has 0 saturated carbocycles. The zero-order chi connectivity index (χ0) is 10.0. The first kappa shape index (κ1) is 10.4. The molecule has 1 aromatic rings. The standard InChI is InChI=1S/C9H8Cl2O2/c1-5(12)2-6-3-7(10)9(13)8(11)4-6/h3-4,13H,2H2,1H3. The number of rotatable bonds is 2. The molecular weight excluding hydrogens is 211 g/mol. The first-order valence-corrected chi connectivity index (χ1v) is 4.42. The van der Waals surface area contributed by atoms with Crippen molar-refractivity contribution in [1.29, 1.82) is 0 Å². The van der Waals surface area contributed by atoms with E-state index in [0.717, 1.165) is 0 Å². The summed E-state index contributed by atoms with van der Waals surface area (Å²) in [5.41, 5.74) is 0.709. The lowest BCUT2D eigenvalue weighted by Crippen LogP contribution is -1.96. The van der Waals surface area contributed by atoms with Crippen LogP contribution in [0.25, 0.3) is 0 Å². The first-order chi connectivity index (χ1) is 6.00. The summed E-state index contributed by atoms with van der Waals surface area (Å²) in [6.07, 6.45) is 0.277. The second kappa shape index (κ2) is 3.99. The van der Waals surface area contributed by atoms with Gasteiger partial charge >= 0.3 is 0 Å². The molecule has 0 heterocycles. The smallest absolute Gasteiger partial charge is 0.152 e. The number of carbonyl (C=O) groups is 1. The molecule has 2 nitrogen and oxygen atoms in total. The summed E-state index contributed by atoms with van der Waals surface area (Å²) in [5.74, 6) is -0.117. The molecule has 70 valence electrons. The van der Waals surface area contributed by atoms with Crippen LogP contribution >= 0.6 is 23.2 Å². The van der Waals surface area contributed by atoms with Crippen LogP contribution in [-0.2, 0) is 11.2 Å². The van der Waals surface area contributed by atoms with Crippen molar-refractivity contribution in [3.63, 3.8) is 0 Å². The molecule has 0 bridgehead atoms. The molecule has 4 heteroatoms. The van der Waals surface area contributed by atoms with E-state index in [0.29, 0.717) is 5.56 Å². The molecule has 0 spiro atoms. The van der Waals surface area contributed by atoms with Gasteiger partial charge in [-0.15, -0.1) is 0 Å². The monoisotopic (exact) mass is 218 g/mol. The summed E-state index contributed by atoms with van der Waals surface area (Å²) >= 11 is 11.3. The average Bonchev–Trinajstić information content (AvgIpc) is 1.98. The number of halogens is 2. The minimum absolute atomic E-state index is 0.0258. The van der Waals surface area contributed by atoms with Crippen molar-refractivity contribution in [1.82, 2.24) is 0 Å². The highest BCUT2D eigenvalue weighted by atomic mass is 35.5. The van der Waals surface area contributed by atoms with Gasteiger partial charge in [0.1, 0.15) is 5.78 Å². The van der Waals surface area contributed by atoms with Gasteiger partial charge in [-0.2, -0.15) is 0 Å². The Balaban J connectivity index is 3.06. The van der Waals surface area contributed by atoms with E-state index >= 15 is 0 Å². The summed E-state index contributed by atoms with van der Waals surface area (Å²) in [5, 5.41) is 9.56. The summed E-state index contributed by atoms with van der Waals surface area (Å²) in [7, 11) is 0. The topological polar surface area (TPSA) is 37.3 Å². The third-order valence-corrected chi connectivity index (χ3v) is 2.11. The Morgan fingerprint density at radius 1 is 1.38 bits per heavy atom. The fourth-order valence-corrected chi connectivity index (χ4v) is 1.54. The molecule has 0 radical (unpaired) electrons. The lowest BCUT2D eigenvalue weighted by molar-refractivity contribution is -0.116. The minimum Gasteiger partial charge on any atom is -0.505 e. The average molecular weight is 219 g/mol. The van der Waals surface area contributed by atoms with Gasteiger partial charge in [0.2, 0.25) is 0 Å². The van der Waals surface area contributed by atoms with Crippen LogP contribution in [0.3, 0.4) is 0 Å². The zero-order valence-corrected chi connectivity index (χ0v) is 8.49. The van der Waals surface area contributed by atoms with Crippen LogP contribution in [0.5, 0.6) is 5.75 Å². The molecule has 1 N–H and O–H groups in total. The van der Waals surface area contributed by atoms with Crippen LogP contribution in [0.4, 0.5) is 0 Å². The summed E-state index contributed by atoms with van der Waals surface area (Å²) in [6, 6.07) is 3.06. The van der Waals surface area contributed by atoms with Gasteiger partial charge in [-0.05, 0) is 24.6 Å². The van der Waals surface area contributed by atoms with Crippen LogP contribution in [-0.4, -0.2) is 10.9 Å². The molecule has 0 fully saturated rings. The maximum atomic E-state index is 10.8. The van der Waals surface area contributed by atoms with Gasteiger partial charge in [0.15, 0.2) is 5.75 Å². The molecule has 1 rings (SSSR count). The largest absolute Gasteiger partial charge is 0.505 e. The summed E-state index contributed by atoms with van der Waals surface area (Å²) < 4.78 is 0. The van der Waals surface area contributed by atoms with Gasteiger partial charge in [0.25, 0.3) is 0 Å². The van der Waals surface area contributed by atoms with Crippen LogP contribution in [0.1, 0.15) is 12.5 Å². The van der Waals surface area contributed by atoms with Crippen molar-refractivity contribution >= 4 is 29.0 Å². The van der Waals surface area contributed by atoms with Gasteiger partial charge in [0, 0.05) is 6.42 Å². The quantitative estimate of drug-likeness (QED) is 0.830. The number of hydrogen-bond acceptors (Lipinski definition) is 2. The second-order valence-electron chi connectivity index (χ2n) is 2.79. The maximum absolute atomic E-state index is 10.8. The molecule has 0 atom stereocenters. The Bertz CT molecular complexity index is 324. The Hall–Kier alpha value is -0.730. The van der Waals surface area contributed by atoms with Crippen molar-refractivity contribution in [3.05, 3.63) is 27.7 Å². The predicted octanol–water partition coefficient (Wildman–Crippen LogP) is 2.83. The molecule has 0 amide bonds. The van der Waals surface area contributed by atoms with Gasteiger partial charge in [-0.25, -0.2) is 0 Å². The van der Waals surface area contributed by atoms with Crippen LogP contribution < -0.4 is 0 Å². The van der Waals surface area contributed by atoms with E-state index in [9.17, 15) is 9.90 Å². The Morgan fingerprint density at radius 2 is 1.85 bits per heavy atom. The van der Waals surface area contributed by atoms with Gasteiger partial charge in [-0.1, -0.05) is 23.2 Å². The fraction of sp³-hybridized carbons (Fsp3) is 0.222. The normalized spacial score (nSPS) is 10.1. The van der Waals surface area contributed by atoms with E-state index in [1.54, 1.807) is 0 Å². The predicted molar refractivity (Wildman–Crippen MR) is 52.5 cm³/mol. The second-order valence-corrected chi connectivity index (χ2v) is 3.60. The van der Waals surface area contributed by atoms with E-state index < -0.39 is 0 Å². The Morgan fingerprint density at radius 3 is 2.23 bits per heavy atom. The van der Waals surface area contributed by atoms with Gasteiger partial charge in [0.05, 0.1) is 10.0 Å². The highest BCUT2D eigenvalue weighted by molar-refractivity contribution is 6.37. The minimum atomic E-state index is -0.143. The van der Waals surface area contributed by atoms with Crippen LogP contribution in [0, 0.1) is 0 Å². The summed E-state index contributed by atoms with van der Waals surface area (Å²) in [6.45, 7) is 1.48. The Kier molecular flexibility index (Phi) is 3.17. The number of phenols is 1. The van der Waals surface area contributed by atoms with Crippen molar-refractivity contribution in [2.24, 2.45) is 0 Å². The van der Waals surface area contributed by atoms with Gasteiger partial charge < -0.3 is 5.11 Å². The number of carbonyl (C=O) groups excluding carboxylic acids is 1. The van der Waals surface area contributed by atoms with Crippen molar-refractivity contribution in [2.75, 3.05) is 0 Å². The molecule has 0 aliphatic rings. The van der Waals surface area contributed by atoms with E-state index in [-0.39, 0.29) is 28.0 Å². The van der Waals surface area contributed by atoms with E-state index in [4.69, 9.17) is 23.2 Å². The molecule has 0 saturated heterocycles. The molecule has 0 aromatic heterocycles. The molecule has 13 heavy (non-hydrogen) atoms. The third kappa shape index (κ3) is 2.61. The van der Waals surface area contributed by atoms with Crippen molar-refractivity contribution < 1.29 is 9.90 Å². The first-order valence-electron chi connectivity index (χ1n) is 3.67. The van der Waals surface area contributed by atoms with Crippen molar-refractivity contribution in [2.45, 2.75) is 13.3 Å². The van der Waals surface area contributed by atoms with Crippen LogP contribution in [0.15, 0.2) is 12.1 Å². The zero-order valence-electron chi connectivity index (χ0n) is 6.97. The lowest BCUT2D eigenvalue weighted by atomic mass is 10.1. The Labute approximate surface area is 86.1 Å². The van der Waals surface area contributed by atoms with E-state index in [1.165, 1.54) is 19.1 Å². The number of ketones is 1. The molecule has 0 unspecified atom stereocenters. The highest BCUT2D eigenvalue weighted by Crippen LogP contribution is 2.32. The highest BCUT2D eigenvalue weighted by Gasteiger charge is 2.07. The van der Waals surface area contributed by atoms with Gasteiger partial charge in [-0.3, -0.25) is 4.79 Å². The fourth-order valence-electron chi connectivity index (χ4n) is 1.01. The number of aromatic hydroxyl groups is 1. The molecule has 0 aliphatic heterocycles. The van der Waals surface area contributed by atoms with E-state index in [2.05, 4.69) is 0 Å². The van der Waals surface area contributed by atoms with Crippen LogP contribution in [0.2, 0.25) is 10.0 Å². The van der Waals surface area contributed by atoms with Crippen molar-refractivity contribution in [3.8, 4) is 5.75 Å². The number of benzene rings is 1. The SMILES string of the molecule is CC(=O)Cc1cc(Cl)c(O)c(Cl)c1. The lowest BCUT2D eigenvalue weighted by Gasteiger charge is -2.03. The summed E-state index contributed by atoms with van der Waals surface area (Å²) in [4.78, 5) is 10.8. The third-order valence-electron chi connectivity index (χ3n) is 1.53. The molecule has 0 aliphatic carbocycles. The maximum Gasteiger partial charge on any atom is 0.152 e. The van der Waals surface area contributed by atoms with E-state index in [1.807, 2.05) is 0 Å². The number of Topliss-reactive ketones (excluding diaryl/α,β-unsaturated/α-hetero) is 1. The number of phenolic OH excluding ortho intramolecular Hbond substituents is 1. The molecular formula is C9H8Cl2O2. The molecule has 1 aromatic carbocycles. The number of hydrogen-bond donors (Lipinski definition) is 1.